The van der Waals surface area contributed by atoms with Crippen molar-refractivity contribution in [2.24, 2.45) is 0 Å². The number of rotatable bonds is 6. The SMILES string of the molecule is CCCCCOC[N+]1(C)CCCCC1. The average molecular weight is 200 g/mol. The van der Waals surface area contributed by atoms with Gasteiger partial charge in [-0.3, -0.25) is 0 Å². The minimum absolute atomic E-state index is 0.934. The molecule has 1 saturated heterocycles. The predicted molar refractivity (Wildman–Crippen MR) is 60.1 cm³/mol. The summed E-state index contributed by atoms with van der Waals surface area (Å²) in [4.78, 5) is 0. The summed E-state index contributed by atoms with van der Waals surface area (Å²) in [5.74, 6) is 0. The number of unbranched alkanes of at least 4 members (excludes halogenated alkanes) is 2. The summed E-state index contributed by atoms with van der Waals surface area (Å²) < 4.78 is 6.90. The zero-order valence-electron chi connectivity index (χ0n) is 9.93. The van der Waals surface area contributed by atoms with Gasteiger partial charge in [-0.1, -0.05) is 19.8 Å². The number of likely N-dealkylation sites (tertiary alicyclic amines) is 1. The van der Waals surface area contributed by atoms with E-state index in [-0.39, 0.29) is 0 Å². The molecule has 0 N–H and O–H groups in total. The molecule has 2 heteroatoms. The molecule has 1 fully saturated rings. The molecule has 0 atom stereocenters. The fourth-order valence-electron chi connectivity index (χ4n) is 2.14. The van der Waals surface area contributed by atoms with E-state index in [0.29, 0.717) is 0 Å². The van der Waals surface area contributed by atoms with E-state index in [0.717, 1.165) is 17.8 Å². The number of piperidine rings is 1. The fourth-order valence-corrected chi connectivity index (χ4v) is 2.14. The van der Waals surface area contributed by atoms with Crippen LogP contribution >= 0.6 is 0 Å². The number of ether oxygens (including phenoxy) is 1. The van der Waals surface area contributed by atoms with Gasteiger partial charge in [-0.15, -0.1) is 0 Å². The van der Waals surface area contributed by atoms with Gasteiger partial charge in [0.05, 0.1) is 26.7 Å². The third kappa shape index (κ3) is 4.43. The van der Waals surface area contributed by atoms with Crippen molar-refractivity contribution in [1.82, 2.24) is 0 Å². The van der Waals surface area contributed by atoms with Gasteiger partial charge in [-0.25, -0.2) is 0 Å². The molecule has 0 bridgehead atoms. The summed E-state index contributed by atoms with van der Waals surface area (Å²) in [7, 11) is 2.33. The zero-order valence-corrected chi connectivity index (χ0v) is 9.93. The number of quaternary nitrogens is 1. The molecule has 0 amide bonds. The van der Waals surface area contributed by atoms with Crippen LogP contribution in [0.1, 0.15) is 45.4 Å². The number of nitrogens with zero attached hydrogens (tertiary/aromatic N) is 1. The average Bonchev–Trinajstić information content (AvgIpc) is 2.18. The van der Waals surface area contributed by atoms with E-state index < -0.39 is 0 Å². The van der Waals surface area contributed by atoms with Crippen molar-refractivity contribution in [2.45, 2.75) is 45.4 Å². The van der Waals surface area contributed by atoms with Gasteiger partial charge in [0.15, 0.2) is 6.73 Å². The van der Waals surface area contributed by atoms with Crippen LogP contribution in [-0.4, -0.2) is 38.0 Å². The Bertz CT molecular complexity index is 141. The monoisotopic (exact) mass is 200 g/mol. The Morgan fingerprint density at radius 3 is 2.43 bits per heavy atom. The highest BCUT2D eigenvalue weighted by molar-refractivity contribution is 4.49. The summed E-state index contributed by atoms with van der Waals surface area (Å²) in [5, 5.41) is 0. The highest BCUT2D eigenvalue weighted by Gasteiger charge is 2.24. The van der Waals surface area contributed by atoms with Gasteiger partial charge in [-0.05, 0) is 25.7 Å². The lowest BCUT2D eigenvalue weighted by Crippen LogP contribution is -2.49. The third-order valence-electron chi connectivity index (χ3n) is 3.19. The van der Waals surface area contributed by atoms with Crippen LogP contribution in [0.25, 0.3) is 0 Å². The highest BCUT2D eigenvalue weighted by atomic mass is 16.5. The maximum absolute atomic E-state index is 5.75. The molecule has 1 aliphatic heterocycles. The molecule has 14 heavy (non-hydrogen) atoms. The summed E-state index contributed by atoms with van der Waals surface area (Å²) >= 11 is 0. The fraction of sp³-hybridized carbons (Fsp3) is 1.00. The van der Waals surface area contributed by atoms with Gasteiger partial charge in [0.1, 0.15) is 0 Å². The first-order valence-electron chi connectivity index (χ1n) is 6.18. The van der Waals surface area contributed by atoms with Crippen LogP contribution in [0.5, 0.6) is 0 Å². The molecule has 0 radical (unpaired) electrons. The molecule has 0 aromatic heterocycles. The maximum atomic E-state index is 5.75. The van der Waals surface area contributed by atoms with E-state index in [9.17, 15) is 0 Å². The second kappa shape index (κ2) is 6.41. The maximum Gasteiger partial charge on any atom is 0.182 e. The third-order valence-corrected chi connectivity index (χ3v) is 3.19. The summed E-state index contributed by atoms with van der Waals surface area (Å²) in [5.41, 5.74) is 0. The number of hydrogen-bond acceptors (Lipinski definition) is 1. The second-order valence-corrected chi connectivity index (χ2v) is 4.87. The summed E-state index contributed by atoms with van der Waals surface area (Å²) in [6.07, 6.45) is 8.02. The van der Waals surface area contributed by atoms with E-state index in [2.05, 4.69) is 14.0 Å². The quantitative estimate of drug-likeness (QED) is 0.473. The normalized spacial score (nSPS) is 21.0. The van der Waals surface area contributed by atoms with E-state index in [1.807, 2.05) is 0 Å². The smallest absolute Gasteiger partial charge is 0.182 e. The molecule has 0 unspecified atom stereocenters. The van der Waals surface area contributed by atoms with Crippen LogP contribution in [0.15, 0.2) is 0 Å². The van der Waals surface area contributed by atoms with Crippen molar-refractivity contribution in [2.75, 3.05) is 33.5 Å². The van der Waals surface area contributed by atoms with Crippen molar-refractivity contribution in [3.63, 3.8) is 0 Å². The molecule has 0 saturated carbocycles. The molecule has 84 valence electrons. The standard InChI is InChI=1S/C12H26NO/c1-3-4-8-11-14-12-13(2)9-6-5-7-10-13/h3-12H2,1-2H3/q+1. The Kier molecular flexibility index (Phi) is 5.49. The molecule has 0 aromatic rings. The van der Waals surface area contributed by atoms with Crippen LogP contribution in [0.3, 0.4) is 0 Å². The Morgan fingerprint density at radius 1 is 1.07 bits per heavy atom. The summed E-state index contributed by atoms with van der Waals surface area (Å²) in [6, 6.07) is 0. The first kappa shape index (κ1) is 12.0. The number of hydrogen-bond donors (Lipinski definition) is 0. The minimum Gasteiger partial charge on any atom is -0.332 e. The van der Waals surface area contributed by atoms with Crippen LogP contribution in [0, 0.1) is 0 Å². The molecule has 1 heterocycles. The van der Waals surface area contributed by atoms with Gasteiger partial charge in [-0.2, -0.15) is 0 Å². The van der Waals surface area contributed by atoms with Crippen molar-refractivity contribution in [3.8, 4) is 0 Å². The van der Waals surface area contributed by atoms with E-state index in [4.69, 9.17) is 4.74 Å². The molecule has 1 rings (SSSR count). The molecule has 0 spiro atoms. The Balaban J connectivity index is 2.03. The lowest BCUT2D eigenvalue weighted by atomic mass is 10.1. The predicted octanol–water partition coefficient (Wildman–Crippen LogP) is 2.78. The van der Waals surface area contributed by atoms with Gasteiger partial charge in [0.25, 0.3) is 0 Å². The summed E-state index contributed by atoms with van der Waals surface area (Å²) in [6.45, 7) is 6.76. The Morgan fingerprint density at radius 2 is 1.79 bits per heavy atom. The lowest BCUT2D eigenvalue weighted by Gasteiger charge is -2.37. The molecule has 1 aliphatic rings. The van der Waals surface area contributed by atoms with Gasteiger partial charge in [0.2, 0.25) is 0 Å². The molecule has 0 aliphatic carbocycles. The topological polar surface area (TPSA) is 9.23 Å². The molecular weight excluding hydrogens is 174 g/mol. The van der Waals surface area contributed by atoms with E-state index >= 15 is 0 Å². The molecular formula is C12H26NO+. The second-order valence-electron chi connectivity index (χ2n) is 4.87. The van der Waals surface area contributed by atoms with Crippen LogP contribution < -0.4 is 0 Å². The first-order valence-corrected chi connectivity index (χ1v) is 6.18. The van der Waals surface area contributed by atoms with Crippen molar-refractivity contribution < 1.29 is 9.22 Å². The van der Waals surface area contributed by atoms with Crippen LogP contribution in [0.4, 0.5) is 0 Å². The zero-order chi connectivity index (χ0) is 10.3. The van der Waals surface area contributed by atoms with E-state index in [1.54, 1.807) is 0 Å². The largest absolute Gasteiger partial charge is 0.332 e. The molecule has 0 aromatic carbocycles. The van der Waals surface area contributed by atoms with Gasteiger partial charge in [0, 0.05) is 0 Å². The van der Waals surface area contributed by atoms with Gasteiger partial charge < -0.3 is 9.22 Å². The van der Waals surface area contributed by atoms with Crippen molar-refractivity contribution in [1.29, 1.82) is 0 Å². The minimum atomic E-state index is 0.934. The van der Waals surface area contributed by atoms with Crippen LogP contribution in [0.2, 0.25) is 0 Å². The van der Waals surface area contributed by atoms with Crippen molar-refractivity contribution in [3.05, 3.63) is 0 Å². The van der Waals surface area contributed by atoms with Gasteiger partial charge >= 0.3 is 0 Å². The van der Waals surface area contributed by atoms with E-state index in [1.165, 1.54) is 51.6 Å². The first-order chi connectivity index (χ1) is 6.77. The highest BCUT2D eigenvalue weighted by Crippen LogP contribution is 2.15. The van der Waals surface area contributed by atoms with Crippen LogP contribution in [-0.2, 0) is 4.74 Å². The Hall–Kier alpha value is -0.0800. The van der Waals surface area contributed by atoms with Crippen molar-refractivity contribution >= 4 is 0 Å². The Labute approximate surface area is 88.8 Å². The lowest BCUT2D eigenvalue weighted by molar-refractivity contribution is -0.932. The molecule has 2 nitrogen and oxygen atoms in total.